The molecule has 1 saturated carbocycles. The van der Waals surface area contributed by atoms with E-state index in [1.54, 1.807) is 22.5 Å². The van der Waals surface area contributed by atoms with E-state index in [1.165, 1.54) is 5.56 Å². The van der Waals surface area contributed by atoms with Gasteiger partial charge in [-0.3, -0.25) is 0 Å². The molecule has 0 bridgehead atoms. The Morgan fingerprint density at radius 2 is 1.68 bits per heavy atom. The van der Waals surface area contributed by atoms with Crippen LogP contribution < -0.4 is 4.74 Å². The summed E-state index contributed by atoms with van der Waals surface area (Å²) < 4.78 is 35.0. The zero-order valence-corrected chi connectivity index (χ0v) is 18.9. The third-order valence-corrected chi connectivity index (χ3v) is 9.00. The van der Waals surface area contributed by atoms with E-state index in [9.17, 15) is 8.42 Å². The molecular formula is C25H32N2O3S. The number of hydrogen-bond acceptors (Lipinski definition) is 4. The van der Waals surface area contributed by atoms with Crippen LogP contribution in [0, 0.1) is 11.3 Å². The summed E-state index contributed by atoms with van der Waals surface area (Å²) in [6, 6.07) is 17.8. The smallest absolute Gasteiger partial charge is 0.246 e. The van der Waals surface area contributed by atoms with Crippen LogP contribution in [0.4, 0.5) is 0 Å². The first kappa shape index (κ1) is 21.0. The quantitative estimate of drug-likeness (QED) is 0.710. The van der Waals surface area contributed by atoms with Crippen LogP contribution in [0.25, 0.3) is 0 Å². The molecule has 0 N–H and O–H groups in total. The highest BCUT2D eigenvalue weighted by Crippen LogP contribution is 2.41. The fourth-order valence-electron chi connectivity index (χ4n) is 4.89. The van der Waals surface area contributed by atoms with E-state index in [0.29, 0.717) is 36.3 Å². The maximum atomic E-state index is 13.5. The topological polar surface area (TPSA) is 49.9 Å². The summed E-state index contributed by atoms with van der Waals surface area (Å²) in [4.78, 5) is 2.84. The highest BCUT2D eigenvalue weighted by Gasteiger charge is 2.44. The average molecular weight is 441 g/mol. The molecule has 2 aromatic carbocycles. The third kappa shape index (κ3) is 4.66. The van der Waals surface area contributed by atoms with Crippen LogP contribution in [0.1, 0.15) is 31.2 Å². The number of rotatable bonds is 5. The molecule has 5 nitrogen and oxygen atoms in total. The molecule has 0 aromatic heterocycles. The van der Waals surface area contributed by atoms with Gasteiger partial charge in [-0.2, -0.15) is 4.31 Å². The highest BCUT2D eigenvalue weighted by atomic mass is 32.2. The molecule has 0 unspecified atom stereocenters. The summed E-state index contributed by atoms with van der Waals surface area (Å²) in [6.45, 7) is 4.86. The Morgan fingerprint density at radius 1 is 0.968 bits per heavy atom. The normalized spacial score (nSPS) is 23.5. The molecule has 0 radical (unpaired) electrons. The van der Waals surface area contributed by atoms with Crippen molar-refractivity contribution < 1.29 is 13.2 Å². The number of piperidine rings is 1. The lowest BCUT2D eigenvalue weighted by atomic mass is 9.78. The molecule has 6 heteroatoms. The molecule has 2 aromatic rings. The Labute approximate surface area is 186 Å². The number of hydrogen-bond donors (Lipinski definition) is 0. The van der Waals surface area contributed by atoms with E-state index in [1.807, 2.05) is 6.07 Å². The first-order valence-corrected chi connectivity index (χ1v) is 13.0. The molecule has 0 atom stereocenters. The van der Waals surface area contributed by atoms with Crippen LogP contribution in [0.3, 0.4) is 0 Å². The Morgan fingerprint density at radius 3 is 2.42 bits per heavy atom. The minimum absolute atomic E-state index is 0.112. The number of nitrogens with zero attached hydrogens (tertiary/aromatic N) is 2. The number of sulfonamides is 1. The highest BCUT2D eigenvalue weighted by molar-refractivity contribution is 7.89. The Balaban J connectivity index is 1.31. The standard InChI is InChI=1S/C25H32N2O3S/c28-31(29)24-9-5-4-8-23(24)30-20-25(19-27(31)18-22-10-11-22)13-16-26(17-14-25)15-12-21-6-2-1-3-7-21/h1-9,22H,10-20H2. The monoisotopic (exact) mass is 440 g/mol. The summed E-state index contributed by atoms with van der Waals surface area (Å²) in [6.07, 6.45) is 5.29. The average Bonchev–Trinajstić information content (AvgIpc) is 3.61. The van der Waals surface area contributed by atoms with Gasteiger partial charge in [0, 0.05) is 25.0 Å². The van der Waals surface area contributed by atoms with Crippen molar-refractivity contribution in [3.05, 3.63) is 60.2 Å². The third-order valence-electron chi connectivity index (χ3n) is 7.15. The molecule has 2 heterocycles. The summed E-state index contributed by atoms with van der Waals surface area (Å²) in [5.41, 5.74) is 1.26. The second-order valence-corrected chi connectivity index (χ2v) is 11.5. The van der Waals surface area contributed by atoms with Crippen LogP contribution in [-0.4, -0.2) is 57.0 Å². The molecule has 31 heavy (non-hydrogen) atoms. The van der Waals surface area contributed by atoms with Crippen molar-refractivity contribution in [2.75, 3.05) is 39.3 Å². The summed E-state index contributed by atoms with van der Waals surface area (Å²) in [5, 5.41) is 0. The van der Waals surface area contributed by atoms with E-state index in [4.69, 9.17) is 4.74 Å². The zero-order chi connectivity index (χ0) is 21.3. The summed E-state index contributed by atoms with van der Waals surface area (Å²) in [7, 11) is -3.54. The molecule has 2 fully saturated rings. The van der Waals surface area contributed by atoms with Crippen LogP contribution in [0.5, 0.6) is 5.75 Å². The van der Waals surface area contributed by atoms with Gasteiger partial charge in [-0.15, -0.1) is 0 Å². The fraction of sp³-hybridized carbons (Fsp3) is 0.520. The first-order valence-electron chi connectivity index (χ1n) is 11.5. The van der Waals surface area contributed by atoms with Gasteiger partial charge in [0.15, 0.2) is 0 Å². The van der Waals surface area contributed by atoms with Gasteiger partial charge in [0.25, 0.3) is 0 Å². The Bertz CT molecular complexity index is 996. The van der Waals surface area contributed by atoms with Gasteiger partial charge in [-0.25, -0.2) is 8.42 Å². The van der Waals surface area contributed by atoms with Gasteiger partial charge in [-0.05, 0) is 68.8 Å². The zero-order valence-electron chi connectivity index (χ0n) is 18.1. The molecule has 3 aliphatic rings. The lowest BCUT2D eigenvalue weighted by Gasteiger charge is -2.45. The van der Waals surface area contributed by atoms with Crippen molar-refractivity contribution in [2.45, 2.75) is 37.0 Å². The first-order chi connectivity index (χ1) is 15.0. The van der Waals surface area contributed by atoms with Crippen LogP contribution in [-0.2, 0) is 16.4 Å². The molecule has 1 aliphatic carbocycles. The van der Waals surface area contributed by atoms with Crippen molar-refractivity contribution in [3.63, 3.8) is 0 Å². The predicted molar refractivity (Wildman–Crippen MR) is 122 cm³/mol. The maximum Gasteiger partial charge on any atom is 0.246 e. The number of fused-ring (bicyclic) bond motifs is 1. The van der Waals surface area contributed by atoms with E-state index in [0.717, 1.165) is 51.7 Å². The second kappa shape index (κ2) is 8.57. The molecule has 166 valence electrons. The van der Waals surface area contributed by atoms with Gasteiger partial charge in [0.1, 0.15) is 10.6 Å². The molecule has 2 aliphatic heterocycles. The molecule has 5 rings (SSSR count). The van der Waals surface area contributed by atoms with Gasteiger partial charge >= 0.3 is 0 Å². The predicted octanol–water partition coefficient (Wildman–Crippen LogP) is 3.80. The van der Waals surface area contributed by atoms with Crippen molar-refractivity contribution >= 4 is 10.0 Å². The van der Waals surface area contributed by atoms with Crippen LogP contribution in [0.2, 0.25) is 0 Å². The maximum absolute atomic E-state index is 13.5. The van der Waals surface area contributed by atoms with Gasteiger partial charge in [-0.1, -0.05) is 42.5 Å². The molecule has 1 spiro atoms. The Kier molecular flexibility index (Phi) is 5.80. The number of ether oxygens (including phenoxy) is 1. The number of benzene rings is 2. The van der Waals surface area contributed by atoms with Crippen LogP contribution >= 0.6 is 0 Å². The molecular weight excluding hydrogens is 408 g/mol. The van der Waals surface area contributed by atoms with Crippen molar-refractivity contribution in [2.24, 2.45) is 11.3 Å². The molecule has 1 saturated heterocycles. The van der Waals surface area contributed by atoms with E-state index in [2.05, 4.69) is 35.2 Å². The van der Waals surface area contributed by atoms with E-state index < -0.39 is 10.0 Å². The number of likely N-dealkylation sites (tertiary alicyclic amines) is 1. The lowest BCUT2D eigenvalue weighted by Crippen LogP contribution is -2.52. The number of para-hydroxylation sites is 1. The lowest BCUT2D eigenvalue weighted by molar-refractivity contribution is 0.0348. The van der Waals surface area contributed by atoms with Gasteiger partial charge in [0.2, 0.25) is 10.0 Å². The summed E-state index contributed by atoms with van der Waals surface area (Å²) >= 11 is 0. The van der Waals surface area contributed by atoms with Crippen molar-refractivity contribution in [3.8, 4) is 5.75 Å². The van der Waals surface area contributed by atoms with E-state index in [-0.39, 0.29) is 5.41 Å². The Hall–Kier alpha value is -1.89. The SMILES string of the molecule is O=S1(=O)c2ccccc2OCC2(CCN(CCc3ccccc3)CC2)CN1CC1CC1. The fourth-order valence-corrected chi connectivity index (χ4v) is 6.65. The van der Waals surface area contributed by atoms with Crippen molar-refractivity contribution in [1.29, 1.82) is 0 Å². The van der Waals surface area contributed by atoms with Crippen molar-refractivity contribution in [1.82, 2.24) is 9.21 Å². The second-order valence-electron chi connectivity index (χ2n) is 9.55. The van der Waals surface area contributed by atoms with Crippen LogP contribution in [0.15, 0.2) is 59.5 Å². The van der Waals surface area contributed by atoms with Gasteiger partial charge < -0.3 is 9.64 Å². The minimum atomic E-state index is -3.54. The minimum Gasteiger partial charge on any atom is -0.492 e. The largest absolute Gasteiger partial charge is 0.492 e. The molecule has 0 amide bonds. The van der Waals surface area contributed by atoms with Gasteiger partial charge in [0.05, 0.1) is 6.61 Å². The van der Waals surface area contributed by atoms with E-state index >= 15 is 0 Å². The summed E-state index contributed by atoms with van der Waals surface area (Å²) in [5.74, 6) is 1.03.